The Morgan fingerprint density at radius 2 is 1.41 bits per heavy atom. The van der Waals surface area contributed by atoms with Crippen LogP contribution in [0.15, 0.2) is 61.2 Å². The average Bonchev–Trinajstić information content (AvgIpc) is 3.13. The minimum Gasteiger partial charge on any atom is -0.399 e. The number of fused-ring (bicyclic) bond motifs is 1. The van der Waals surface area contributed by atoms with Gasteiger partial charge in [-0.3, -0.25) is 14.9 Å². The predicted molar refractivity (Wildman–Crippen MR) is 126 cm³/mol. The quantitative estimate of drug-likeness (QED) is 0.449. The molecule has 0 unspecified atom stereocenters. The molecule has 1 N–H and O–H groups in total. The lowest BCUT2D eigenvalue weighted by molar-refractivity contribution is 0.00578. The largest absolute Gasteiger partial charge is 0.494 e. The van der Waals surface area contributed by atoms with E-state index in [9.17, 15) is 9.59 Å². The standard InChI is InChI=1S/C18H25BO2.C8H5NO2/c1-6-13-11-15(12-13)14-7-9-16(10-8-14)19-20-17(2,3)18(4,5)21-19;10-7-5-3-1-2-4-6(5)8(11)9-7/h6-10,13,15H,1,11-12H2,2-5H3;1-4H,(H,9,10,11). The van der Waals surface area contributed by atoms with Crippen molar-refractivity contribution >= 4 is 24.4 Å². The van der Waals surface area contributed by atoms with Crippen molar-refractivity contribution in [2.75, 3.05) is 0 Å². The van der Waals surface area contributed by atoms with Crippen LogP contribution in [0.4, 0.5) is 0 Å². The van der Waals surface area contributed by atoms with Gasteiger partial charge in [0.25, 0.3) is 11.8 Å². The summed E-state index contributed by atoms with van der Waals surface area (Å²) in [6.07, 6.45) is 4.55. The van der Waals surface area contributed by atoms with E-state index in [4.69, 9.17) is 9.31 Å². The van der Waals surface area contributed by atoms with Crippen molar-refractivity contribution in [3.8, 4) is 0 Å². The third kappa shape index (κ3) is 4.17. The van der Waals surface area contributed by atoms with Gasteiger partial charge in [0.15, 0.2) is 0 Å². The number of hydrogen-bond acceptors (Lipinski definition) is 4. The lowest BCUT2D eigenvalue weighted by Gasteiger charge is -2.33. The molecule has 2 heterocycles. The highest BCUT2D eigenvalue weighted by Gasteiger charge is 2.51. The van der Waals surface area contributed by atoms with Gasteiger partial charge in [0.1, 0.15) is 0 Å². The minimum atomic E-state index is -0.300. The number of rotatable bonds is 3. The number of allylic oxidation sites excluding steroid dienone is 1. The molecule has 5 rings (SSSR count). The molecular formula is C26H30BNO4. The highest BCUT2D eigenvalue weighted by atomic mass is 16.7. The Morgan fingerprint density at radius 1 is 0.906 bits per heavy atom. The normalized spacial score (nSPS) is 24.7. The zero-order chi connectivity index (χ0) is 23.1. The van der Waals surface area contributed by atoms with E-state index in [1.807, 2.05) is 0 Å². The Labute approximate surface area is 190 Å². The summed E-state index contributed by atoms with van der Waals surface area (Å²) in [6, 6.07) is 15.5. The molecule has 2 aromatic carbocycles. The first-order valence-electron chi connectivity index (χ1n) is 11.1. The van der Waals surface area contributed by atoms with Crippen molar-refractivity contribution in [3.05, 3.63) is 77.9 Å². The smallest absolute Gasteiger partial charge is 0.399 e. The van der Waals surface area contributed by atoms with Gasteiger partial charge in [-0.1, -0.05) is 42.5 Å². The van der Waals surface area contributed by atoms with E-state index in [-0.39, 0.29) is 30.1 Å². The van der Waals surface area contributed by atoms with E-state index in [0.29, 0.717) is 23.0 Å². The molecule has 0 atom stereocenters. The van der Waals surface area contributed by atoms with Crippen LogP contribution in [0.3, 0.4) is 0 Å². The molecule has 0 spiro atoms. The first kappa shape index (κ1) is 22.5. The number of benzene rings is 2. The molecule has 0 bridgehead atoms. The fourth-order valence-corrected chi connectivity index (χ4v) is 4.15. The van der Waals surface area contributed by atoms with Gasteiger partial charge in [-0.15, -0.1) is 6.58 Å². The summed E-state index contributed by atoms with van der Waals surface area (Å²) in [4.78, 5) is 21.9. The third-order valence-corrected chi connectivity index (χ3v) is 7.08. The Kier molecular flexibility index (Phi) is 5.86. The second-order valence-corrected chi connectivity index (χ2v) is 9.75. The van der Waals surface area contributed by atoms with E-state index in [0.717, 1.165) is 5.46 Å². The van der Waals surface area contributed by atoms with Crippen LogP contribution in [-0.2, 0) is 9.31 Å². The molecule has 2 fully saturated rings. The zero-order valence-electron chi connectivity index (χ0n) is 19.2. The van der Waals surface area contributed by atoms with Crippen molar-refractivity contribution in [3.63, 3.8) is 0 Å². The summed E-state index contributed by atoms with van der Waals surface area (Å²) in [7, 11) is -0.258. The molecule has 2 aliphatic heterocycles. The Hall–Kier alpha value is -2.70. The van der Waals surface area contributed by atoms with Gasteiger partial charge in [-0.25, -0.2) is 0 Å². The molecule has 0 radical (unpaired) electrons. The summed E-state index contributed by atoms with van der Waals surface area (Å²) < 4.78 is 12.2. The Bertz CT molecular complexity index is 989. The molecule has 3 aliphatic rings. The summed E-state index contributed by atoms with van der Waals surface area (Å²) in [5, 5.41) is 2.20. The molecule has 1 saturated carbocycles. The number of amides is 2. The third-order valence-electron chi connectivity index (χ3n) is 7.08. The van der Waals surface area contributed by atoms with Crippen LogP contribution in [0.5, 0.6) is 0 Å². The monoisotopic (exact) mass is 431 g/mol. The van der Waals surface area contributed by atoms with Crippen molar-refractivity contribution in [2.45, 2.75) is 57.7 Å². The number of carbonyl (C=O) groups is 2. The van der Waals surface area contributed by atoms with E-state index in [2.05, 4.69) is 69.9 Å². The van der Waals surface area contributed by atoms with E-state index in [1.54, 1.807) is 24.3 Å². The number of carbonyl (C=O) groups excluding carboxylic acids is 2. The molecular weight excluding hydrogens is 401 g/mol. The SMILES string of the molecule is C=CC1CC(c2ccc(B3OC(C)(C)C(C)(C)O3)cc2)C1.O=C1NC(=O)c2ccccc21. The van der Waals surface area contributed by atoms with Gasteiger partial charge in [0.05, 0.1) is 22.3 Å². The molecule has 2 aromatic rings. The predicted octanol–water partition coefficient (Wildman–Crippen LogP) is 4.24. The van der Waals surface area contributed by atoms with Crippen molar-refractivity contribution in [1.82, 2.24) is 5.32 Å². The number of imide groups is 1. The molecule has 2 amide bonds. The van der Waals surface area contributed by atoms with Gasteiger partial charge in [0.2, 0.25) is 0 Å². The second-order valence-electron chi connectivity index (χ2n) is 9.75. The topological polar surface area (TPSA) is 64.6 Å². The van der Waals surface area contributed by atoms with Gasteiger partial charge in [-0.05, 0) is 75.5 Å². The second kappa shape index (κ2) is 8.34. The van der Waals surface area contributed by atoms with Gasteiger partial charge < -0.3 is 9.31 Å². The molecule has 1 saturated heterocycles. The lowest BCUT2D eigenvalue weighted by Crippen LogP contribution is -2.41. The molecule has 6 heteroatoms. The minimum absolute atomic E-state index is 0.258. The summed E-state index contributed by atoms with van der Waals surface area (Å²) >= 11 is 0. The van der Waals surface area contributed by atoms with E-state index < -0.39 is 0 Å². The Balaban J connectivity index is 0.000000186. The van der Waals surface area contributed by atoms with Crippen molar-refractivity contribution in [1.29, 1.82) is 0 Å². The first-order valence-corrected chi connectivity index (χ1v) is 11.1. The highest BCUT2D eigenvalue weighted by Crippen LogP contribution is 2.42. The van der Waals surface area contributed by atoms with Gasteiger partial charge >= 0.3 is 7.12 Å². The number of hydrogen-bond donors (Lipinski definition) is 1. The summed E-state index contributed by atoms with van der Waals surface area (Å²) in [5.41, 5.74) is 2.92. The molecule has 32 heavy (non-hydrogen) atoms. The molecule has 1 aliphatic carbocycles. The maximum Gasteiger partial charge on any atom is 0.494 e. The van der Waals surface area contributed by atoms with Crippen LogP contribution in [-0.4, -0.2) is 30.1 Å². The van der Waals surface area contributed by atoms with E-state index in [1.165, 1.54) is 18.4 Å². The van der Waals surface area contributed by atoms with Crippen LogP contribution in [0, 0.1) is 5.92 Å². The van der Waals surface area contributed by atoms with Gasteiger partial charge in [-0.2, -0.15) is 0 Å². The molecule has 0 aromatic heterocycles. The van der Waals surface area contributed by atoms with Crippen molar-refractivity contribution in [2.24, 2.45) is 5.92 Å². The fraction of sp³-hybridized carbons (Fsp3) is 0.385. The fourth-order valence-electron chi connectivity index (χ4n) is 4.15. The van der Waals surface area contributed by atoms with Crippen LogP contribution >= 0.6 is 0 Å². The maximum atomic E-state index is 10.9. The summed E-state index contributed by atoms with van der Waals surface area (Å²) in [5.74, 6) is 0.800. The molecule has 166 valence electrons. The van der Waals surface area contributed by atoms with Crippen LogP contribution in [0.2, 0.25) is 0 Å². The maximum absolute atomic E-state index is 10.9. The zero-order valence-corrected chi connectivity index (χ0v) is 19.2. The highest BCUT2D eigenvalue weighted by molar-refractivity contribution is 6.62. The van der Waals surface area contributed by atoms with E-state index >= 15 is 0 Å². The first-order chi connectivity index (χ1) is 15.1. The van der Waals surface area contributed by atoms with Crippen LogP contribution in [0.25, 0.3) is 0 Å². The number of nitrogens with one attached hydrogen (secondary N) is 1. The average molecular weight is 431 g/mol. The van der Waals surface area contributed by atoms with Crippen LogP contribution < -0.4 is 10.8 Å². The van der Waals surface area contributed by atoms with Gasteiger partial charge in [0, 0.05) is 0 Å². The van der Waals surface area contributed by atoms with Crippen molar-refractivity contribution < 1.29 is 18.9 Å². The Morgan fingerprint density at radius 3 is 1.88 bits per heavy atom. The van der Waals surface area contributed by atoms with Crippen LogP contribution in [0.1, 0.15) is 72.7 Å². The lowest BCUT2D eigenvalue weighted by atomic mass is 9.70. The summed E-state index contributed by atoms with van der Waals surface area (Å²) in [6.45, 7) is 12.2. The molecule has 5 nitrogen and oxygen atoms in total.